The third kappa shape index (κ3) is 3.19. The van der Waals surface area contributed by atoms with Crippen LogP contribution in [0.15, 0.2) is 12.1 Å². The van der Waals surface area contributed by atoms with Gasteiger partial charge in [-0.05, 0) is 31.4 Å². The normalized spacial score (nSPS) is 22.5. The van der Waals surface area contributed by atoms with Gasteiger partial charge in [0.25, 0.3) is 0 Å². The van der Waals surface area contributed by atoms with Gasteiger partial charge in [-0.15, -0.1) is 0 Å². The van der Waals surface area contributed by atoms with E-state index in [0.29, 0.717) is 6.04 Å². The lowest BCUT2D eigenvalue weighted by Gasteiger charge is -2.20. The minimum atomic E-state index is 0.282. The molecule has 0 radical (unpaired) electrons. The van der Waals surface area contributed by atoms with E-state index in [1.165, 1.54) is 24.0 Å². The second-order valence-corrected chi connectivity index (χ2v) is 5.21. The van der Waals surface area contributed by atoms with Crippen LogP contribution in [-0.2, 0) is 6.54 Å². The molecule has 0 amide bonds. The summed E-state index contributed by atoms with van der Waals surface area (Å²) >= 11 is 0. The van der Waals surface area contributed by atoms with Crippen molar-refractivity contribution in [2.75, 3.05) is 14.2 Å². The number of benzene rings is 1. The number of nitrogens with two attached hydrogens (primary N) is 1. The van der Waals surface area contributed by atoms with Crippen LogP contribution in [0.2, 0.25) is 0 Å². The maximum Gasteiger partial charge on any atom is 0.127 e. The molecule has 1 aliphatic carbocycles. The first kappa shape index (κ1) is 14.2. The van der Waals surface area contributed by atoms with E-state index in [1.807, 2.05) is 12.1 Å². The number of aryl methyl sites for hydroxylation is 1. The maximum atomic E-state index is 6.08. The fourth-order valence-corrected chi connectivity index (χ4v) is 2.75. The Morgan fingerprint density at radius 3 is 2.63 bits per heavy atom. The third-order valence-electron chi connectivity index (χ3n) is 3.97. The molecule has 3 N–H and O–H groups in total. The summed E-state index contributed by atoms with van der Waals surface area (Å²) in [5, 5.41) is 3.55. The molecule has 0 aromatic heterocycles. The van der Waals surface area contributed by atoms with Crippen molar-refractivity contribution in [3.8, 4) is 11.5 Å². The van der Waals surface area contributed by atoms with Crippen LogP contribution in [-0.4, -0.2) is 26.3 Å². The van der Waals surface area contributed by atoms with Gasteiger partial charge >= 0.3 is 0 Å². The zero-order chi connectivity index (χ0) is 13.8. The van der Waals surface area contributed by atoms with Crippen LogP contribution in [0.4, 0.5) is 0 Å². The van der Waals surface area contributed by atoms with Crippen LogP contribution in [0, 0.1) is 6.92 Å². The molecule has 0 heterocycles. The van der Waals surface area contributed by atoms with Crippen LogP contribution < -0.4 is 20.5 Å². The maximum absolute atomic E-state index is 6.08. The number of nitrogens with one attached hydrogen (secondary N) is 1. The van der Waals surface area contributed by atoms with E-state index in [2.05, 4.69) is 12.2 Å². The van der Waals surface area contributed by atoms with E-state index < -0.39 is 0 Å². The monoisotopic (exact) mass is 264 g/mol. The molecular weight excluding hydrogens is 240 g/mol. The smallest absolute Gasteiger partial charge is 0.127 e. The molecule has 2 atom stereocenters. The Morgan fingerprint density at radius 1 is 1.26 bits per heavy atom. The second kappa shape index (κ2) is 6.26. The van der Waals surface area contributed by atoms with E-state index in [-0.39, 0.29) is 6.04 Å². The van der Waals surface area contributed by atoms with Crippen molar-refractivity contribution in [1.29, 1.82) is 0 Å². The Balaban J connectivity index is 2.10. The van der Waals surface area contributed by atoms with Crippen LogP contribution in [0.5, 0.6) is 11.5 Å². The number of methoxy groups -OCH3 is 2. The first-order valence-corrected chi connectivity index (χ1v) is 6.86. The van der Waals surface area contributed by atoms with Crippen LogP contribution in [0.25, 0.3) is 0 Å². The van der Waals surface area contributed by atoms with Gasteiger partial charge in [-0.2, -0.15) is 0 Å². The molecule has 0 aliphatic heterocycles. The second-order valence-electron chi connectivity index (χ2n) is 5.21. The summed E-state index contributed by atoms with van der Waals surface area (Å²) in [6.45, 7) is 2.87. The minimum Gasteiger partial charge on any atom is -0.497 e. The predicted octanol–water partition coefficient (Wildman–Crippen LogP) is 1.98. The van der Waals surface area contributed by atoms with E-state index >= 15 is 0 Å². The molecule has 1 aromatic carbocycles. The molecule has 0 spiro atoms. The lowest BCUT2D eigenvalue weighted by molar-refractivity contribution is 0.386. The van der Waals surface area contributed by atoms with Gasteiger partial charge in [-0.25, -0.2) is 0 Å². The van der Waals surface area contributed by atoms with Gasteiger partial charge in [-0.1, -0.05) is 6.42 Å². The molecule has 1 aliphatic rings. The molecule has 1 fully saturated rings. The predicted molar refractivity (Wildman–Crippen MR) is 76.7 cm³/mol. The summed E-state index contributed by atoms with van der Waals surface area (Å²) in [5.74, 6) is 1.70. The highest BCUT2D eigenvalue weighted by molar-refractivity contribution is 5.46. The molecule has 19 heavy (non-hydrogen) atoms. The Morgan fingerprint density at radius 2 is 2.05 bits per heavy atom. The Kier molecular flexibility index (Phi) is 4.66. The summed E-state index contributed by atoms with van der Waals surface area (Å²) in [7, 11) is 3.36. The lowest BCUT2D eigenvalue weighted by Crippen LogP contribution is -2.40. The van der Waals surface area contributed by atoms with Crippen LogP contribution in [0.3, 0.4) is 0 Å². The average Bonchev–Trinajstić information content (AvgIpc) is 2.82. The van der Waals surface area contributed by atoms with E-state index in [0.717, 1.165) is 24.5 Å². The van der Waals surface area contributed by atoms with E-state index in [9.17, 15) is 0 Å². The number of hydrogen-bond donors (Lipinski definition) is 2. The first-order chi connectivity index (χ1) is 9.15. The lowest BCUT2D eigenvalue weighted by atomic mass is 10.1. The zero-order valence-corrected chi connectivity index (χ0v) is 12.0. The molecule has 1 aromatic rings. The zero-order valence-electron chi connectivity index (χ0n) is 12.0. The van der Waals surface area contributed by atoms with Gasteiger partial charge in [0, 0.05) is 30.3 Å². The van der Waals surface area contributed by atoms with Crippen molar-refractivity contribution in [2.24, 2.45) is 5.73 Å². The van der Waals surface area contributed by atoms with E-state index in [4.69, 9.17) is 15.2 Å². The van der Waals surface area contributed by atoms with Gasteiger partial charge in [-0.3, -0.25) is 0 Å². The van der Waals surface area contributed by atoms with Gasteiger partial charge in [0.15, 0.2) is 0 Å². The molecule has 4 nitrogen and oxygen atoms in total. The summed E-state index contributed by atoms with van der Waals surface area (Å²) in [6.07, 6.45) is 3.51. The van der Waals surface area contributed by atoms with Crippen molar-refractivity contribution in [3.05, 3.63) is 23.3 Å². The standard InChI is InChI=1S/C15H24N2O2/c1-10-7-11(18-2)8-15(19-3)12(10)9-17-14-6-4-5-13(14)16/h7-8,13-14,17H,4-6,9,16H2,1-3H3. The van der Waals surface area contributed by atoms with Crippen molar-refractivity contribution in [3.63, 3.8) is 0 Å². The highest BCUT2D eigenvalue weighted by atomic mass is 16.5. The third-order valence-corrected chi connectivity index (χ3v) is 3.97. The topological polar surface area (TPSA) is 56.5 Å². The van der Waals surface area contributed by atoms with Crippen molar-refractivity contribution in [2.45, 2.75) is 44.8 Å². The molecule has 1 saturated carbocycles. The molecule has 106 valence electrons. The summed E-state index contributed by atoms with van der Waals surface area (Å²) in [5.41, 5.74) is 8.44. The van der Waals surface area contributed by atoms with E-state index in [1.54, 1.807) is 14.2 Å². The molecular formula is C15H24N2O2. The molecule has 4 heteroatoms. The average molecular weight is 264 g/mol. The largest absolute Gasteiger partial charge is 0.497 e. The fourth-order valence-electron chi connectivity index (χ4n) is 2.75. The summed E-state index contributed by atoms with van der Waals surface area (Å²) < 4.78 is 10.7. The molecule has 2 unspecified atom stereocenters. The van der Waals surface area contributed by atoms with Gasteiger partial charge in [0.1, 0.15) is 11.5 Å². The number of ether oxygens (including phenoxy) is 2. The molecule has 0 bridgehead atoms. The number of rotatable bonds is 5. The van der Waals surface area contributed by atoms with Crippen LogP contribution in [0.1, 0.15) is 30.4 Å². The van der Waals surface area contributed by atoms with Gasteiger partial charge < -0.3 is 20.5 Å². The van der Waals surface area contributed by atoms with Crippen LogP contribution >= 0.6 is 0 Å². The first-order valence-electron chi connectivity index (χ1n) is 6.86. The summed E-state index contributed by atoms with van der Waals surface area (Å²) in [6, 6.07) is 4.67. The summed E-state index contributed by atoms with van der Waals surface area (Å²) in [4.78, 5) is 0. The SMILES string of the molecule is COc1cc(C)c(CNC2CCCC2N)c(OC)c1. The van der Waals surface area contributed by atoms with Crippen molar-refractivity contribution < 1.29 is 9.47 Å². The minimum absolute atomic E-state index is 0.282. The molecule has 2 rings (SSSR count). The van der Waals surface area contributed by atoms with Crippen molar-refractivity contribution in [1.82, 2.24) is 5.32 Å². The quantitative estimate of drug-likeness (QED) is 0.854. The Bertz CT molecular complexity index is 434. The highest BCUT2D eigenvalue weighted by Gasteiger charge is 2.23. The van der Waals surface area contributed by atoms with Gasteiger partial charge in [0.2, 0.25) is 0 Å². The fraction of sp³-hybridized carbons (Fsp3) is 0.600. The van der Waals surface area contributed by atoms with Crippen molar-refractivity contribution >= 4 is 0 Å². The Labute approximate surface area is 115 Å². The Hall–Kier alpha value is -1.26. The number of hydrogen-bond acceptors (Lipinski definition) is 4. The molecule has 0 saturated heterocycles. The van der Waals surface area contributed by atoms with Gasteiger partial charge in [0.05, 0.1) is 14.2 Å². The highest BCUT2D eigenvalue weighted by Crippen LogP contribution is 2.29.